The summed E-state index contributed by atoms with van der Waals surface area (Å²) in [6.07, 6.45) is 0.835. The molecule has 22 heavy (non-hydrogen) atoms. The number of carbonyl (C=O) groups is 1. The van der Waals surface area contributed by atoms with E-state index in [9.17, 15) is 13.2 Å². The molecule has 0 aliphatic carbocycles. The second kappa shape index (κ2) is 6.01. The van der Waals surface area contributed by atoms with E-state index in [4.69, 9.17) is 10.5 Å². The molecule has 1 aromatic rings. The molecule has 0 spiro atoms. The molecule has 0 saturated carbocycles. The van der Waals surface area contributed by atoms with Crippen LogP contribution in [0.4, 0.5) is 9.93 Å². The van der Waals surface area contributed by atoms with Crippen LogP contribution >= 0.6 is 11.3 Å². The predicted molar refractivity (Wildman–Crippen MR) is 83.1 cm³/mol. The Bertz CT molecular complexity index is 642. The molecule has 1 saturated heterocycles. The van der Waals surface area contributed by atoms with E-state index in [-0.39, 0.29) is 22.4 Å². The van der Waals surface area contributed by atoms with Crippen molar-refractivity contribution in [2.45, 2.75) is 30.6 Å². The SMILES string of the molecule is CC(C)(C)OC(=O)N1CCN(S(=O)(=O)c2cnc(N)s2)CC1. The quantitative estimate of drug-likeness (QED) is 0.853. The number of aromatic nitrogens is 1. The van der Waals surface area contributed by atoms with Crippen molar-refractivity contribution in [2.75, 3.05) is 31.9 Å². The van der Waals surface area contributed by atoms with Crippen molar-refractivity contribution < 1.29 is 17.9 Å². The molecule has 8 nitrogen and oxygen atoms in total. The summed E-state index contributed by atoms with van der Waals surface area (Å²) in [6, 6.07) is 0. The van der Waals surface area contributed by atoms with Crippen molar-refractivity contribution in [1.82, 2.24) is 14.2 Å². The van der Waals surface area contributed by atoms with E-state index in [1.54, 1.807) is 20.8 Å². The van der Waals surface area contributed by atoms with Gasteiger partial charge < -0.3 is 15.4 Å². The molecule has 2 heterocycles. The van der Waals surface area contributed by atoms with Gasteiger partial charge in [-0.25, -0.2) is 18.2 Å². The van der Waals surface area contributed by atoms with Crippen LogP contribution in [0.3, 0.4) is 0 Å². The van der Waals surface area contributed by atoms with Gasteiger partial charge in [-0.2, -0.15) is 4.31 Å². The minimum atomic E-state index is -3.59. The molecule has 0 unspecified atom stereocenters. The molecule has 1 aliphatic rings. The average Bonchev–Trinajstić information content (AvgIpc) is 2.84. The van der Waals surface area contributed by atoms with Crippen LogP contribution in [0.2, 0.25) is 0 Å². The molecule has 1 aliphatic heterocycles. The first-order valence-electron chi connectivity index (χ1n) is 6.79. The monoisotopic (exact) mass is 348 g/mol. The van der Waals surface area contributed by atoms with Crippen molar-refractivity contribution in [1.29, 1.82) is 0 Å². The van der Waals surface area contributed by atoms with Crippen LogP contribution in [0.5, 0.6) is 0 Å². The number of hydrogen-bond acceptors (Lipinski definition) is 7. The number of thiazole rings is 1. The maximum Gasteiger partial charge on any atom is 0.410 e. The Morgan fingerprint density at radius 3 is 2.36 bits per heavy atom. The minimum Gasteiger partial charge on any atom is -0.444 e. The summed E-state index contributed by atoms with van der Waals surface area (Å²) in [5.74, 6) is 0. The molecular formula is C12H20N4O4S2. The average molecular weight is 348 g/mol. The van der Waals surface area contributed by atoms with Crippen molar-refractivity contribution in [2.24, 2.45) is 0 Å². The molecule has 0 atom stereocenters. The van der Waals surface area contributed by atoms with Gasteiger partial charge in [0, 0.05) is 26.2 Å². The van der Waals surface area contributed by atoms with E-state index in [1.165, 1.54) is 15.4 Å². The maximum absolute atomic E-state index is 12.4. The Labute approximate surface area is 133 Å². The Morgan fingerprint density at radius 1 is 1.32 bits per heavy atom. The van der Waals surface area contributed by atoms with E-state index in [0.717, 1.165) is 11.3 Å². The number of piperazine rings is 1. The zero-order valence-electron chi connectivity index (χ0n) is 12.8. The molecule has 1 amide bonds. The van der Waals surface area contributed by atoms with Crippen molar-refractivity contribution in [3.05, 3.63) is 6.20 Å². The predicted octanol–water partition coefficient (Wildman–Crippen LogP) is 0.967. The number of sulfonamides is 1. The number of nitrogens with zero attached hydrogens (tertiary/aromatic N) is 3. The van der Waals surface area contributed by atoms with Gasteiger partial charge in [-0.1, -0.05) is 11.3 Å². The lowest BCUT2D eigenvalue weighted by Gasteiger charge is -2.34. The van der Waals surface area contributed by atoms with Crippen LogP contribution in [0.1, 0.15) is 20.8 Å². The third-order valence-electron chi connectivity index (χ3n) is 2.99. The van der Waals surface area contributed by atoms with Gasteiger partial charge in [-0.3, -0.25) is 0 Å². The van der Waals surface area contributed by atoms with Gasteiger partial charge in [0.05, 0.1) is 6.20 Å². The summed E-state index contributed by atoms with van der Waals surface area (Å²) >= 11 is 0.935. The molecule has 124 valence electrons. The first kappa shape index (κ1) is 17.0. The highest BCUT2D eigenvalue weighted by atomic mass is 32.2. The maximum atomic E-state index is 12.4. The number of ether oxygens (including phenoxy) is 1. The summed E-state index contributed by atoms with van der Waals surface area (Å²) < 4.78 is 31.6. The molecule has 2 rings (SSSR count). The van der Waals surface area contributed by atoms with E-state index >= 15 is 0 Å². The number of carbonyl (C=O) groups excluding carboxylic acids is 1. The van der Waals surface area contributed by atoms with Gasteiger partial charge in [0.2, 0.25) is 0 Å². The van der Waals surface area contributed by atoms with Crippen LogP contribution in [-0.2, 0) is 14.8 Å². The smallest absolute Gasteiger partial charge is 0.410 e. The third-order valence-corrected chi connectivity index (χ3v) is 6.15. The second-order valence-electron chi connectivity index (χ2n) is 5.89. The highest BCUT2D eigenvalue weighted by molar-refractivity contribution is 7.91. The fraction of sp³-hybridized carbons (Fsp3) is 0.667. The molecule has 10 heteroatoms. The molecule has 0 bridgehead atoms. The molecular weight excluding hydrogens is 328 g/mol. The van der Waals surface area contributed by atoms with Gasteiger partial charge in [0.1, 0.15) is 5.60 Å². The van der Waals surface area contributed by atoms with Crippen LogP contribution in [0.15, 0.2) is 10.4 Å². The van der Waals surface area contributed by atoms with Crippen LogP contribution < -0.4 is 5.73 Å². The Kier molecular flexibility index (Phi) is 4.64. The number of nitrogens with two attached hydrogens (primary N) is 1. The first-order valence-corrected chi connectivity index (χ1v) is 9.04. The van der Waals surface area contributed by atoms with Crippen LogP contribution in [0.25, 0.3) is 0 Å². The molecule has 1 fully saturated rings. The molecule has 1 aromatic heterocycles. The summed E-state index contributed by atoms with van der Waals surface area (Å²) in [4.78, 5) is 17.2. The number of anilines is 1. The fourth-order valence-corrected chi connectivity index (χ4v) is 4.45. The number of hydrogen-bond donors (Lipinski definition) is 1. The summed E-state index contributed by atoms with van der Waals surface area (Å²) in [7, 11) is -3.59. The topological polar surface area (TPSA) is 106 Å². The number of amides is 1. The zero-order chi connectivity index (χ0) is 16.5. The van der Waals surface area contributed by atoms with Crippen LogP contribution in [-0.4, -0.2) is 60.5 Å². The van der Waals surface area contributed by atoms with Crippen molar-refractivity contribution in [3.63, 3.8) is 0 Å². The standard InChI is InChI=1S/C12H20N4O4S2/c1-12(2,3)20-11(17)15-4-6-16(7-5-15)22(18,19)9-8-14-10(13)21-9/h8H,4-7H2,1-3H3,(H2,13,14). The van der Waals surface area contributed by atoms with E-state index in [2.05, 4.69) is 4.98 Å². The van der Waals surface area contributed by atoms with Crippen LogP contribution in [0, 0.1) is 0 Å². The minimum absolute atomic E-state index is 0.121. The molecule has 2 N–H and O–H groups in total. The first-order chi connectivity index (χ1) is 10.1. The zero-order valence-corrected chi connectivity index (χ0v) is 14.4. The second-order valence-corrected chi connectivity index (χ2v) is 9.12. The fourth-order valence-electron chi connectivity index (χ4n) is 1.96. The van der Waals surface area contributed by atoms with Crippen molar-refractivity contribution >= 4 is 32.6 Å². The highest BCUT2D eigenvalue weighted by Crippen LogP contribution is 2.25. The molecule has 0 aromatic carbocycles. The lowest BCUT2D eigenvalue weighted by Crippen LogP contribution is -2.51. The van der Waals surface area contributed by atoms with Gasteiger partial charge in [-0.05, 0) is 20.8 Å². The molecule has 0 radical (unpaired) electrons. The van der Waals surface area contributed by atoms with Gasteiger partial charge in [-0.15, -0.1) is 0 Å². The van der Waals surface area contributed by atoms with Gasteiger partial charge >= 0.3 is 6.09 Å². The summed E-state index contributed by atoms with van der Waals surface area (Å²) in [6.45, 7) is 6.41. The normalized spacial score (nSPS) is 17.5. The van der Waals surface area contributed by atoms with E-state index < -0.39 is 21.7 Å². The summed E-state index contributed by atoms with van der Waals surface area (Å²) in [5.41, 5.74) is 4.91. The largest absolute Gasteiger partial charge is 0.444 e. The highest BCUT2D eigenvalue weighted by Gasteiger charge is 2.32. The van der Waals surface area contributed by atoms with Crippen molar-refractivity contribution in [3.8, 4) is 0 Å². The third kappa shape index (κ3) is 3.87. The van der Waals surface area contributed by atoms with E-state index in [1.807, 2.05) is 0 Å². The Morgan fingerprint density at radius 2 is 1.91 bits per heavy atom. The lowest BCUT2D eigenvalue weighted by atomic mass is 10.2. The summed E-state index contributed by atoms with van der Waals surface area (Å²) in [5, 5.41) is 0.214. The van der Waals surface area contributed by atoms with E-state index in [0.29, 0.717) is 13.1 Å². The number of rotatable bonds is 2. The number of nitrogen functional groups attached to an aromatic ring is 1. The van der Waals surface area contributed by atoms with Gasteiger partial charge in [0.15, 0.2) is 9.34 Å². The Balaban J connectivity index is 1.99. The Hall–Kier alpha value is -1.39. The lowest BCUT2D eigenvalue weighted by molar-refractivity contribution is 0.0192. The van der Waals surface area contributed by atoms with Gasteiger partial charge in [0.25, 0.3) is 10.0 Å².